The van der Waals surface area contributed by atoms with Crippen molar-refractivity contribution in [2.45, 2.75) is 23.8 Å². The molecule has 2 heterocycles. The molecule has 5 nitrogen and oxygen atoms in total. The molecule has 1 atom stereocenters. The van der Waals surface area contributed by atoms with Gasteiger partial charge in [0.2, 0.25) is 5.91 Å². The van der Waals surface area contributed by atoms with E-state index in [0.29, 0.717) is 24.5 Å². The highest BCUT2D eigenvalue weighted by molar-refractivity contribution is 7.99. The maximum Gasteiger partial charge on any atom is 0.234 e. The van der Waals surface area contributed by atoms with Crippen molar-refractivity contribution < 1.29 is 14.3 Å². The van der Waals surface area contributed by atoms with Crippen LogP contribution in [0.1, 0.15) is 29.0 Å². The fourth-order valence-electron chi connectivity index (χ4n) is 3.09. The van der Waals surface area contributed by atoms with Gasteiger partial charge in [0.1, 0.15) is 0 Å². The minimum Gasteiger partial charge on any atom is -0.493 e. The van der Waals surface area contributed by atoms with Gasteiger partial charge in [0, 0.05) is 11.7 Å². The predicted octanol–water partition coefficient (Wildman–Crippen LogP) is 4.32. The monoisotopic (exact) mass is 354 g/mol. The Morgan fingerprint density at radius 3 is 2.88 bits per heavy atom. The van der Waals surface area contributed by atoms with Crippen LogP contribution in [0.5, 0.6) is 11.5 Å². The third kappa shape index (κ3) is 2.76. The smallest absolute Gasteiger partial charge is 0.234 e. The van der Waals surface area contributed by atoms with Gasteiger partial charge in [-0.15, -0.1) is 0 Å². The molecule has 4 rings (SSSR count). The maximum atomic E-state index is 12.7. The molecule has 0 unspecified atom stereocenters. The van der Waals surface area contributed by atoms with E-state index < -0.39 is 0 Å². The molecule has 1 aliphatic rings. The number of methoxy groups -OCH3 is 1. The summed E-state index contributed by atoms with van der Waals surface area (Å²) in [5.74, 6) is 1.47. The van der Waals surface area contributed by atoms with Crippen LogP contribution in [0.4, 0.5) is 0 Å². The lowest BCUT2D eigenvalue weighted by molar-refractivity contribution is 0.0891. The summed E-state index contributed by atoms with van der Waals surface area (Å²) < 4.78 is 12.7. The molecule has 0 bridgehead atoms. The number of rotatable bonds is 4. The average Bonchev–Trinajstić information content (AvgIpc) is 3.01. The van der Waals surface area contributed by atoms with Crippen molar-refractivity contribution in [2.24, 2.45) is 0 Å². The number of nitrogens with zero attached hydrogens (tertiary/aromatic N) is 2. The summed E-state index contributed by atoms with van der Waals surface area (Å²) in [7, 11) is 1.63. The molecule has 2 aromatic carbocycles. The van der Waals surface area contributed by atoms with E-state index >= 15 is 0 Å². The largest absolute Gasteiger partial charge is 0.493 e. The Balaban J connectivity index is 1.70. The Morgan fingerprint density at radius 2 is 2.08 bits per heavy atom. The molecule has 0 aliphatic carbocycles. The van der Waals surface area contributed by atoms with Crippen molar-refractivity contribution in [1.82, 2.24) is 9.55 Å². The van der Waals surface area contributed by atoms with Crippen LogP contribution in [-0.4, -0.2) is 29.2 Å². The maximum absolute atomic E-state index is 12.7. The lowest BCUT2D eigenvalue weighted by Gasteiger charge is -2.23. The second-order valence-corrected chi connectivity index (χ2v) is 6.94. The topological polar surface area (TPSA) is 53.4 Å². The van der Waals surface area contributed by atoms with Crippen molar-refractivity contribution in [3.8, 4) is 11.5 Å². The molecule has 1 aliphatic heterocycles. The predicted molar refractivity (Wildman–Crippen MR) is 97.7 cm³/mol. The summed E-state index contributed by atoms with van der Waals surface area (Å²) in [6.07, 6.45) is 0.426. The minimum absolute atomic E-state index is 0.0152. The fraction of sp³-hybridized carbons (Fsp3) is 0.263. The van der Waals surface area contributed by atoms with Gasteiger partial charge in [0.15, 0.2) is 16.7 Å². The number of hydrogen-bond donors (Lipinski definition) is 0. The fourth-order valence-corrected chi connectivity index (χ4v) is 4.31. The molecular weight excluding hydrogens is 336 g/mol. The standard InChI is InChI=1S/C19H18N2O3S/c1-3-24-15-9-8-12(10-16(15)23-2)17-11-18(22)21-14-7-5-4-6-13(14)20-19(21)25-17/h4-10,17H,3,11H2,1-2H3/t17-/m0/s1. The van der Waals surface area contributed by atoms with Gasteiger partial charge in [0.05, 0.1) is 24.8 Å². The first-order valence-electron chi connectivity index (χ1n) is 8.19. The molecular formula is C19H18N2O3S. The first-order chi connectivity index (χ1) is 12.2. The van der Waals surface area contributed by atoms with Crippen LogP contribution >= 0.6 is 11.8 Å². The number of para-hydroxylation sites is 2. The van der Waals surface area contributed by atoms with Gasteiger partial charge in [0.25, 0.3) is 0 Å². The number of carbonyl (C=O) groups excluding carboxylic acids is 1. The Hall–Kier alpha value is -2.47. The number of benzene rings is 2. The quantitative estimate of drug-likeness (QED) is 0.698. The summed E-state index contributed by atoms with van der Waals surface area (Å²) in [4.78, 5) is 17.3. The van der Waals surface area contributed by atoms with E-state index in [4.69, 9.17) is 9.47 Å². The van der Waals surface area contributed by atoms with Crippen molar-refractivity contribution in [2.75, 3.05) is 13.7 Å². The van der Waals surface area contributed by atoms with E-state index in [-0.39, 0.29) is 11.2 Å². The zero-order valence-electron chi connectivity index (χ0n) is 14.1. The van der Waals surface area contributed by atoms with Crippen molar-refractivity contribution in [3.05, 3.63) is 48.0 Å². The molecule has 0 spiro atoms. The number of fused-ring (bicyclic) bond motifs is 3. The van der Waals surface area contributed by atoms with Crippen molar-refractivity contribution in [1.29, 1.82) is 0 Å². The molecule has 0 radical (unpaired) electrons. The molecule has 0 fully saturated rings. The zero-order chi connectivity index (χ0) is 17.4. The number of ether oxygens (including phenoxy) is 2. The third-order valence-corrected chi connectivity index (χ3v) is 5.45. The molecule has 25 heavy (non-hydrogen) atoms. The Morgan fingerprint density at radius 1 is 1.24 bits per heavy atom. The summed E-state index contributed by atoms with van der Waals surface area (Å²) in [5, 5.41) is 0.761. The second-order valence-electron chi connectivity index (χ2n) is 5.77. The van der Waals surface area contributed by atoms with Crippen LogP contribution < -0.4 is 9.47 Å². The zero-order valence-corrected chi connectivity index (χ0v) is 14.9. The molecule has 0 amide bonds. The molecule has 3 aromatic rings. The number of imidazole rings is 1. The Bertz CT molecular complexity index is 951. The lowest BCUT2D eigenvalue weighted by atomic mass is 10.1. The highest BCUT2D eigenvalue weighted by Crippen LogP contribution is 2.44. The highest BCUT2D eigenvalue weighted by atomic mass is 32.2. The summed E-state index contributed by atoms with van der Waals surface area (Å²) >= 11 is 1.61. The lowest BCUT2D eigenvalue weighted by Crippen LogP contribution is -2.19. The van der Waals surface area contributed by atoms with E-state index in [1.165, 1.54) is 0 Å². The van der Waals surface area contributed by atoms with Crippen molar-refractivity contribution >= 4 is 28.7 Å². The van der Waals surface area contributed by atoms with Gasteiger partial charge in [-0.3, -0.25) is 9.36 Å². The second kappa shape index (κ2) is 6.44. The van der Waals surface area contributed by atoms with E-state index in [1.807, 2.05) is 49.4 Å². The molecule has 6 heteroatoms. The number of aromatic nitrogens is 2. The molecule has 1 aromatic heterocycles. The van der Waals surface area contributed by atoms with Crippen LogP contribution in [0, 0.1) is 0 Å². The van der Waals surface area contributed by atoms with Crippen LogP contribution in [0.15, 0.2) is 47.6 Å². The number of carbonyl (C=O) groups is 1. The van der Waals surface area contributed by atoms with Gasteiger partial charge in [-0.05, 0) is 36.8 Å². The van der Waals surface area contributed by atoms with E-state index in [2.05, 4.69) is 4.98 Å². The van der Waals surface area contributed by atoms with Crippen LogP contribution in [0.2, 0.25) is 0 Å². The number of thioether (sulfide) groups is 1. The summed E-state index contributed by atoms with van der Waals surface area (Å²) in [6.45, 7) is 2.52. The summed E-state index contributed by atoms with van der Waals surface area (Å²) in [5.41, 5.74) is 2.76. The first kappa shape index (κ1) is 16.0. The van der Waals surface area contributed by atoms with Gasteiger partial charge < -0.3 is 9.47 Å². The normalized spacial score (nSPS) is 16.7. The molecule has 0 saturated carbocycles. The molecule has 0 saturated heterocycles. The third-order valence-electron chi connectivity index (χ3n) is 4.25. The molecule has 128 valence electrons. The Labute approximate surface area is 150 Å². The van der Waals surface area contributed by atoms with Gasteiger partial charge in [-0.25, -0.2) is 4.98 Å². The SMILES string of the molecule is CCOc1ccc([C@@H]2CC(=O)n3c(nc4ccccc43)S2)cc1OC. The Kier molecular flexibility index (Phi) is 4.13. The molecule has 0 N–H and O–H groups in total. The summed E-state index contributed by atoms with van der Waals surface area (Å²) in [6, 6.07) is 13.6. The van der Waals surface area contributed by atoms with Gasteiger partial charge in [-0.1, -0.05) is 30.0 Å². The van der Waals surface area contributed by atoms with Crippen LogP contribution in [0.25, 0.3) is 11.0 Å². The van der Waals surface area contributed by atoms with Gasteiger partial charge in [-0.2, -0.15) is 0 Å². The number of hydrogen-bond acceptors (Lipinski definition) is 5. The minimum atomic E-state index is 0.0152. The average molecular weight is 354 g/mol. The van der Waals surface area contributed by atoms with E-state index in [1.54, 1.807) is 23.4 Å². The van der Waals surface area contributed by atoms with Crippen LogP contribution in [0.3, 0.4) is 0 Å². The van der Waals surface area contributed by atoms with Gasteiger partial charge >= 0.3 is 0 Å². The van der Waals surface area contributed by atoms with Crippen molar-refractivity contribution in [3.63, 3.8) is 0 Å². The highest BCUT2D eigenvalue weighted by Gasteiger charge is 2.30. The van der Waals surface area contributed by atoms with E-state index in [9.17, 15) is 4.79 Å². The first-order valence-corrected chi connectivity index (χ1v) is 9.07. The van der Waals surface area contributed by atoms with E-state index in [0.717, 1.165) is 21.8 Å². The van der Waals surface area contributed by atoms with Crippen LogP contribution in [-0.2, 0) is 0 Å².